The van der Waals surface area contributed by atoms with E-state index in [1.807, 2.05) is 13.0 Å². The Morgan fingerprint density at radius 3 is 2.48 bits per heavy atom. The van der Waals surface area contributed by atoms with E-state index in [2.05, 4.69) is 9.97 Å². The third kappa shape index (κ3) is 4.00. The first-order chi connectivity index (χ1) is 12.7. The summed E-state index contributed by atoms with van der Waals surface area (Å²) in [5, 5.41) is 9.02. The maximum Gasteiger partial charge on any atom is 0.335 e. The molecule has 1 saturated heterocycles. The highest BCUT2D eigenvalue weighted by Crippen LogP contribution is 2.29. The average molecular weight is 390 g/mol. The van der Waals surface area contributed by atoms with Crippen LogP contribution < -0.4 is 0 Å². The van der Waals surface area contributed by atoms with Gasteiger partial charge in [0.2, 0.25) is 0 Å². The number of hydrogen-bond acceptors (Lipinski definition) is 5. The first-order valence-corrected chi connectivity index (χ1v) is 9.95. The smallest absolute Gasteiger partial charge is 0.335 e. The lowest BCUT2D eigenvalue weighted by molar-refractivity contribution is 0.0697. The topological polar surface area (TPSA) is 104 Å². The molecule has 0 bridgehead atoms. The van der Waals surface area contributed by atoms with E-state index < -0.39 is 16.2 Å². The minimum Gasteiger partial charge on any atom is -0.478 e. The lowest BCUT2D eigenvalue weighted by atomic mass is 10.1. The number of aryl methyl sites for hydroxylation is 1. The summed E-state index contributed by atoms with van der Waals surface area (Å²) in [4.78, 5) is 20.1. The van der Waals surface area contributed by atoms with Gasteiger partial charge >= 0.3 is 5.97 Å². The molecular formula is C18H22N4O4S. The van der Waals surface area contributed by atoms with Gasteiger partial charge in [0.05, 0.1) is 11.3 Å². The Balaban J connectivity index is 1.87. The van der Waals surface area contributed by atoms with Gasteiger partial charge in [-0.15, -0.1) is 0 Å². The number of nitrogens with zero attached hydrogens (tertiary/aromatic N) is 4. The monoisotopic (exact) mass is 390 g/mol. The van der Waals surface area contributed by atoms with Crippen molar-refractivity contribution in [1.29, 1.82) is 0 Å². The number of carbonyl (C=O) groups is 1. The van der Waals surface area contributed by atoms with Crippen molar-refractivity contribution in [2.24, 2.45) is 0 Å². The molecule has 1 atom stereocenters. The largest absolute Gasteiger partial charge is 0.478 e. The molecular weight excluding hydrogens is 368 g/mol. The van der Waals surface area contributed by atoms with Crippen molar-refractivity contribution in [2.45, 2.75) is 19.3 Å². The van der Waals surface area contributed by atoms with E-state index in [9.17, 15) is 13.2 Å². The average Bonchev–Trinajstić information content (AvgIpc) is 3.12. The summed E-state index contributed by atoms with van der Waals surface area (Å²) in [7, 11) is -0.410. The van der Waals surface area contributed by atoms with Gasteiger partial charge in [-0.2, -0.15) is 17.0 Å². The molecule has 0 radical (unpaired) electrons. The SMILES string of the molecule is Cc1cc(-c2ccc(C(=O)O)cc2)nc(C2CCN(S(=O)(=O)N(C)C)C2)n1. The molecule has 1 aromatic carbocycles. The Morgan fingerprint density at radius 2 is 1.89 bits per heavy atom. The van der Waals surface area contributed by atoms with E-state index in [1.165, 1.54) is 34.8 Å². The number of hydrogen-bond donors (Lipinski definition) is 1. The van der Waals surface area contributed by atoms with Gasteiger partial charge in [-0.1, -0.05) is 12.1 Å². The molecule has 1 aromatic heterocycles. The summed E-state index contributed by atoms with van der Waals surface area (Å²) in [5.41, 5.74) is 2.49. The van der Waals surface area contributed by atoms with Crippen LogP contribution in [0.1, 0.15) is 34.2 Å². The molecule has 2 heterocycles. The van der Waals surface area contributed by atoms with Crippen LogP contribution in [0.4, 0.5) is 0 Å². The zero-order valence-electron chi connectivity index (χ0n) is 15.5. The molecule has 27 heavy (non-hydrogen) atoms. The lowest BCUT2D eigenvalue weighted by Gasteiger charge is -2.20. The maximum atomic E-state index is 12.3. The predicted octanol–water partition coefficient (Wildman–Crippen LogP) is 1.75. The van der Waals surface area contributed by atoms with Gasteiger partial charge in [-0.25, -0.2) is 14.8 Å². The molecule has 2 aromatic rings. The highest BCUT2D eigenvalue weighted by molar-refractivity contribution is 7.86. The number of rotatable bonds is 5. The van der Waals surface area contributed by atoms with Gasteiger partial charge in [0.25, 0.3) is 10.2 Å². The van der Waals surface area contributed by atoms with Crippen LogP contribution in [0.3, 0.4) is 0 Å². The van der Waals surface area contributed by atoms with E-state index >= 15 is 0 Å². The van der Waals surface area contributed by atoms with Gasteiger partial charge in [0.1, 0.15) is 5.82 Å². The van der Waals surface area contributed by atoms with Gasteiger partial charge in [0.15, 0.2) is 0 Å². The van der Waals surface area contributed by atoms with Gasteiger partial charge in [-0.05, 0) is 31.5 Å². The molecule has 1 N–H and O–H groups in total. The maximum absolute atomic E-state index is 12.3. The molecule has 8 nitrogen and oxygen atoms in total. The van der Waals surface area contributed by atoms with Gasteiger partial charge in [0, 0.05) is 44.4 Å². The standard InChI is InChI=1S/C18H22N4O4S/c1-12-10-16(13-4-6-14(7-5-13)18(23)24)20-17(19-12)15-8-9-22(11-15)27(25,26)21(2)3/h4-7,10,15H,8-9,11H2,1-3H3,(H,23,24). The Labute approximate surface area is 158 Å². The number of carboxylic acids is 1. The first kappa shape index (κ1) is 19.4. The predicted molar refractivity (Wildman–Crippen MR) is 101 cm³/mol. The van der Waals surface area contributed by atoms with E-state index in [0.717, 1.165) is 11.3 Å². The molecule has 1 unspecified atom stereocenters. The molecule has 0 spiro atoms. The fourth-order valence-electron chi connectivity index (χ4n) is 3.08. The summed E-state index contributed by atoms with van der Waals surface area (Å²) < 4.78 is 27.3. The normalized spacial score (nSPS) is 18.1. The zero-order chi connectivity index (χ0) is 19.8. The summed E-state index contributed by atoms with van der Waals surface area (Å²) in [6.45, 7) is 2.65. The second-order valence-corrected chi connectivity index (χ2v) is 8.91. The van der Waals surface area contributed by atoms with Crippen LogP contribution in [0.2, 0.25) is 0 Å². The van der Waals surface area contributed by atoms with Crippen LogP contribution in [0, 0.1) is 6.92 Å². The summed E-state index contributed by atoms with van der Waals surface area (Å²) >= 11 is 0. The highest BCUT2D eigenvalue weighted by atomic mass is 32.2. The van der Waals surface area contributed by atoms with E-state index in [1.54, 1.807) is 12.1 Å². The van der Waals surface area contributed by atoms with Crippen LogP contribution in [0.15, 0.2) is 30.3 Å². The van der Waals surface area contributed by atoms with E-state index in [-0.39, 0.29) is 11.5 Å². The van der Waals surface area contributed by atoms with Crippen LogP contribution in [-0.2, 0) is 10.2 Å². The molecule has 9 heteroatoms. The summed E-state index contributed by atoms with van der Waals surface area (Å²) in [6.07, 6.45) is 0.661. The number of aromatic carboxylic acids is 1. The zero-order valence-corrected chi connectivity index (χ0v) is 16.3. The van der Waals surface area contributed by atoms with Gasteiger partial charge < -0.3 is 5.11 Å². The number of benzene rings is 1. The minimum atomic E-state index is -3.45. The molecule has 1 aliphatic heterocycles. The van der Waals surface area contributed by atoms with Crippen molar-refractivity contribution in [2.75, 3.05) is 27.2 Å². The quantitative estimate of drug-likeness (QED) is 0.834. The summed E-state index contributed by atoms with van der Waals surface area (Å²) in [5.74, 6) is -0.435. The van der Waals surface area contributed by atoms with Crippen molar-refractivity contribution in [3.8, 4) is 11.3 Å². The molecule has 0 amide bonds. The van der Waals surface area contributed by atoms with Crippen molar-refractivity contribution in [3.63, 3.8) is 0 Å². The minimum absolute atomic E-state index is 0.0725. The van der Waals surface area contributed by atoms with Crippen molar-refractivity contribution >= 4 is 16.2 Å². The fraction of sp³-hybridized carbons (Fsp3) is 0.389. The summed E-state index contributed by atoms with van der Waals surface area (Å²) in [6, 6.07) is 8.34. The van der Waals surface area contributed by atoms with Gasteiger partial charge in [-0.3, -0.25) is 0 Å². The second-order valence-electron chi connectivity index (χ2n) is 6.77. The van der Waals surface area contributed by atoms with E-state index in [4.69, 9.17) is 5.11 Å². The van der Waals surface area contributed by atoms with Crippen molar-refractivity contribution < 1.29 is 18.3 Å². The Kier molecular flexibility index (Phi) is 5.27. The fourth-order valence-corrected chi connectivity index (χ4v) is 4.25. The molecule has 0 aliphatic carbocycles. The van der Waals surface area contributed by atoms with E-state index in [0.29, 0.717) is 31.0 Å². The molecule has 1 fully saturated rings. The number of aromatic nitrogens is 2. The third-order valence-corrected chi connectivity index (χ3v) is 6.51. The van der Waals surface area contributed by atoms with Crippen LogP contribution in [-0.4, -0.2) is 65.3 Å². The Morgan fingerprint density at radius 1 is 1.22 bits per heavy atom. The van der Waals surface area contributed by atoms with Crippen LogP contribution >= 0.6 is 0 Å². The molecule has 3 rings (SSSR count). The first-order valence-electron chi connectivity index (χ1n) is 8.55. The second kappa shape index (κ2) is 7.34. The number of carboxylic acid groups (broad SMARTS) is 1. The molecule has 0 saturated carbocycles. The molecule has 1 aliphatic rings. The third-order valence-electron chi connectivity index (χ3n) is 4.60. The Bertz CT molecular complexity index is 958. The Hall–Kier alpha value is -2.36. The lowest BCUT2D eigenvalue weighted by Crippen LogP contribution is -2.38. The van der Waals surface area contributed by atoms with Crippen molar-refractivity contribution in [3.05, 3.63) is 47.4 Å². The van der Waals surface area contributed by atoms with Crippen molar-refractivity contribution in [1.82, 2.24) is 18.6 Å². The van der Waals surface area contributed by atoms with Crippen LogP contribution in [0.25, 0.3) is 11.3 Å². The highest BCUT2D eigenvalue weighted by Gasteiger charge is 2.34. The van der Waals surface area contributed by atoms with Crippen LogP contribution in [0.5, 0.6) is 0 Å². The molecule has 144 valence electrons.